The molecule has 36 heteroatoms. The highest BCUT2D eigenvalue weighted by Crippen LogP contribution is 2.37. The second-order valence-electron chi connectivity index (χ2n) is 34.5. The van der Waals surface area contributed by atoms with Crippen molar-refractivity contribution in [3.63, 3.8) is 0 Å². The number of nitriles is 1. The molecule has 11 amide bonds. The number of nitrogens with one attached hydrogen (secondary N) is 4. The largest absolute Gasteiger partial charge is 0.459 e. The summed E-state index contributed by atoms with van der Waals surface area (Å²) in [6.07, 6.45) is 22.8. The number of hydrogen-bond donors (Lipinski definition) is 7. The zero-order valence-corrected chi connectivity index (χ0v) is 77.6. The molecule has 34 nitrogen and oxygen atoms in total. The quantitative estimate of drug-likeness (QED) is 0.0239. The van der Waals surface area contributed by atoms with Gasteiger partial charge in [-0.1, -0.05) is 89.2 Å². The van der Waals surface area contributed by atoms with Crippen LogP contribution in [-0.2, 0) is 64.5 Å². The van der Waals surface area contributed by atoms with Gasteiger partial charge in [-0.3, -0.25) is 78.9 Å². The van der Waals surface area contributed by atoms with Crippen molar-refractivity contribution in [2.75, 3.05) is 102 Å². The maximum absolute atomic E-state index is 13.1. The van der Waals surface area contributed by atoms with E-state index in [2.05, 4.69) is 45.7 Å². The lowest BCUT2D eigenvalue weighted by molar-refractivity contribution is -0.123. The second kappa shape index (κ2) is 45.6. The van der Waals surface area contributed by atoms with Crippen LogP contribution in [0.1, 0.15) is 193 Å². The number of nitrogens with zero attached hydrogens (tertiary/aromatic N) is 14. The molecule has 17 rings (SSSR count). The summed E-state index contributed by atoms with van der Waals surface area (Å²) in [5.74, 6) is -0.239. The van der Waals surface area contributed by atoms with Crippen LogP contribution in [0.5, 0.6) is 0 Å². The molecule has 8 heterocycles. The molecule has 0 bridgehead atoms. The first-order valence-electron chi connectivity index (χ1n) is 46.0. The first kappa shape index (κ1) is 96.3. The highest BCUT2D eigenvalue weighted by Gasteiger charge is 2.32. The van der Waals surface area contributed by atoms with Crippen LogP contribution < -0.4 is 58.1 Å². The maximum atomic E-state index is 13.1. The van der Waals surface area contributed by atoms with Crippen molar-refractivity contribution in [2.24, 2.45) is 40.9 Å². The number of thiophene rings is 2. The number of aromatic nitrogens is 8. The summed E-state index contributed by atoms with van der Waals surface area (Å²) in [7, 11) is 7.20. The number of amides is 11. The molecule has 4 saturated carbocycles. The number of primary amides is 3. The molecule has 702 valence electrons. The maximum Gasteiger partial charge on any atom is 0.293 e. The van der Waals surface area contributed by atoms with E-state index < -0.39 is 29.5 Å². The summed E-state index contributed by atoms with van der Waals surface area (Å²) < 4.78 is 17.9. The number of aryl methyl sites for hydroxylation is 3. The minimum Gasteiger partial charge on any atom is -0.459 e. The average molecular weight is 1860 g/mol. The lowest BCUT2D eigenvalue weighted by Gasteiger charge is -2.27. The number of hydrogen-bond acceptors (Lipinski definition) is 21. The Hall–Kier alpha value is -13.8. The van der Waals surface area contributed by atoms with Gasteiger partial charge in [0, 0.05) is 145 Å². The van der Waals surface area contributed by atoms with Crippen LogP contribution in [0.25, 0.3) is 44.1 Å². The second-order valence-corrected chi connectivity index (χ2v) is 36.4. The molecule has 0 radical (unpaired) electrons. The Kier molecular flexibility index (Phi) is 32.8. The molecule has 0 atom stereocenters. The highest BCUT2D eigenvalue weighted by atomic mass is 32.1. The number of fused-ring (bicyclic) bond motifs is 4. The van der Waals surface area contributed by atoms with E-state index in [0.717, 1.165) is 180 Å². The lowest BCUT2D eigenvalue weighted by atomic mass is 9.88. The van der Waals surface area contributed by atoms with Gasteiger partial charge in [0.25, 0.3) is 23.6 Å². The van der Waals surface area contributed by atoms with Crippen LogP contribution in [0.15, 0.2) is 155 Å². The highest BCUT2D eigenvalue weighted by molar-refractivity contribution is 7.12. The number of imidazole rings is 4. The number of anilines is 8. The summed E-state index contributed by atoms with van der Waals surface area (Å²) >= 11 is 2.74. The molecule has 0 unspecified atom stereocenters. The summed E-state index contributed by atoms with van der Waals surface area (Å²) in [6.45, 7) is 5.65. The van der Waals surface area contributed by atoms with Crippen molar-refractivity contribution in [1.29, 1.82) is 5.26 Å². The average Bonchev–Trinajstić information content (AvgIpc) is 1.64. The molecule has 10 N–H and O–H groups in total. The van der Waals surface area contributed by atoms with Gasteiger partial charge in [-0.2, -0.15) is 5.26 Å². The van der Waals surface area contributed by atoms with Crippen molar-refractivity contribution in [3.05, 3.63) is 177 Å². The van der Waals surface area contributed by atoms with E-state index in [1.165, 1.54) is 54.6 Å². The fourth-order valence-electron chi connectivity index (χ4n) is 17.9. The van der Waals surface area contributed by atoms with Crippen molar-refractivity contribution in [1.82, 2.24) is 43.1 Å². The molecule has 4 aliphatic carbocycles. The Morgan fingerprint density at radius 1 is 0.396 bits per heavy atom. The molecule has 1 saturated heterocycles. The normalized spacial score (nSPS) is 15.1. The fraction of sp³-hybridized carbons (Fsp3) is 0.408. The minimum atomic E-state index is -0.467. The van der Waals surface area contributed by atoms with E-state index >= 15 is 0 Å². The van der Waals surface area contributed by atoms with Gasteiger partial charge in [-0.25, -0.2) is 19.9 Å². The number of nitrogens with two attached hydrogens (primary N) is 3. The fourth-order valence-corrected chi connectivity index (χ4v) is 19.1. The van der Waals surface area contributed by atoms with Gasteiger partial charge in [0.2, 0.25) is 65.1 Å². The lowest BCUT2D eigenvalue weighted by Crippen LogP contribution is -2.38. The first-order valence-corrected chi connectivity index (χ1v) is 47.7. The van der Waals surface area contributed by atoms with E-state index in [1.54, 1.807) is 103 Å². The Morgan fingerprint density at radius 3 is 1.01 bits per heavy atom. The number of furan rings is 1. The van der Waals surface area contributed by atoms with Gasteiger partial charge in [0.1, 0.15) is 0 Å². The van der Waals surface area contributed by atoms with Gasteiger partial charge in [-0.15, -0.1) is 22.7 Å². The third-order valence-corrected chi connectivity index (χ3v) is 27.3. The van der Waals surface area contributed by atoms with Crippen molar-refractivity contribution < 1.29 is 61.9 Å². The molecule has 12 aromatic rings. The number of carbonyl (C=O) groups is 11. The number of benzene rings is 5. The van der Waals surface area contributed by atoms with E-state index in [9.17, 15) is 52.7 Å². The minimum absolute atomic E-state index is 0.0415. The Balaban J connectivity index is 0.000000143. The van der Waals surface area contributed by atoms with Crippen molar-refractivity contribution in [3.8, 4) is 6.07 Å². The Morgan fingerprint density at radius 2 is 0.716 bits per heavy atom. The summed E-state index contributed by atoms with van der Waals surface area (Å²) in [6, 6.07) is 41.2. The SMILES string of the molecule is CN(C(=O)C1CCCCC1)c1ccc2c(c1)nc(NC(=O)c1ccc(C#N)cc1)n2CCC(N)=O.CN(C(=O)C1CCCCC1)c1ccc2c(c1)nc(NC(=O)c1ccco1)n2CCC(N)=O.CN(C(=O)C1CCCCC1)c1ccc2c(c1)nc(NC(=O)c1cccs1)n2CCC(N)=O.CN(C(=O)C1CCCCC1)c1ccc2c(c1)nc(NC(=O)c1cccs1)n2CCN1CCOCC1. The van der Waals surface area contributed by atoms with Crippen LogP contribution in [-0.4, -0.2) is 169 Å². The number of carbonyl (C=O) groups excluding carboxylic acids is 11. The van der Waals surface area contributed by atoms with E-state index in [0.29, 0.717) is 67.9 Å². The molecule has 134 heavy (non-hydrogen) atoms. The van der Waals surface area contributed by atoms with Gasteiger partial charge >= 0.3 is 0 Å². The van der Waals surface area contributed by atoms with Gasteiger partial charge in [0.15, 0.2) is 5.76 Å². The topological polar surface area (TPSA) is 448 Å². The van der Waals surface area contributed by atoms with Gasteiger partial charge < -0.3 is 64.2 Å². The monoisotopic (exact) mass is 1860 g/mol. The Bertz CT molecular complexity index is 6040. The third kappa shape index (κ3) is 24.2. The number of morpholine rings is 1. The molecule has 5 aromatic carbocycles. The summed E-state index contributed by atoms with van der Waals surface area (Å²) in [4.78, 5) is 166. The zero-order valence-electron chi connectivity index (χ0n) is 76.0. The van der Waals surface area contributed by atoms with E-state index in [-0.39, 0.29) is 109 Å². The van der Waals surface area contributed by atoms with Crippen LogP contribution in [0.2, 0.25) is 0 Å². The van der Waals surface area contributed by atoms with E-state index in [1.807, 2.05) is 109 Å². The molecular weight excluding hydrogens is 1740 g/mol. The molecule has 5 aliphatic rings. The summed E-state index contributed by atoms with van der Waals surface area (Å²) in [5.41, 5.74) is 25.6. The zero-order chi connectivity index (χ0) is 94.5. The predicted octanol–water partition coefficient (Wildman–Crippen LogP) is 14.9. The smallest absolute Gasteiger partial charge is 0.293 e. The van der Waals surface area contributed by atoms with Crippen molar-refractivity contribution in [2.45, 2.75) is 174 Å². The first-order chi connectivity index (χ1) is 64.8. The molecule has 1 aliphatic heterocycles. The van der Waals surface area contributed by atoms with Crippen LogP contribution in [0.4, 0.5) is 46.5 Å². The van der Waals surface area contributed by atoms with Crippen LogP contribution in [0, 0.1) is 35.0 Å². The third-order valence-electron chi connectivity index (χ3n) is 25.5. The molecule has 7 aromatic heterocycles. The molecule has 0 spiro atoms. The van der Waals surface area contributed by atoms with Crippen LogP contribution >= 0.6 is 22.7 Å². The number of ether oxygens (including phenoxy) is 1. The predicted molar refractivity (Wildman–Crippen MR) is 518 cm³/mol. The van der Waals surface area contributed by atoms with Gasteiger partial charge in [0.05, 0.1) is 85.0 Å². The van der Waals surface area contributed by atoms with Gasteiger partial charge in [-0.05, 0) is 183 Å². The van der Waals surface area contributed by atoms with Crippen molar-refractivity contribution >= 4 is 178 Å². The van der Waals surface area contributed by atoms with E-state index in [4.69, 9.17) is 36.6 Å². The number of rotatable bonds is 28. The molecular formula is C98H115N21O13S2. The summed E-state index contributed by atoms with van der Waals surface area (Å²) in [5, 5.41) is 24.1. The van der Waals surface area contributed by atoms with Crippen LogP contribution in [0.3, 0.4) is 0 Å². The Labute approximate surface area is 783 Å². The standard InChI is InChI=1S/C26H28N6O3.C26H33N5O3S.C23H27N5O4.C23H27N5O3S/c1-31(25(35)19-5-3-2-4-6-19)20-11-12-22-21(15-20)29-26(32(22)14-13-23(28)33)30-24(34)18-9-7-17(16-27)8-10-18;1-29(25(33)19-6-3-2-4-7-19)20-9-10-22-21(18-20)27-26(28-24(32)23-8-5-17-35-23)31(22)12-11-30-13-15-34-16-14-30;2*1-27(22(31)15-6-3-2-4-7-15)16-9-10-18-17(14-16)25-23(28(18)12-11-20(24)29)26-21(30)19-8-5-13-32-19/h7-12,15,19H,2-6,13-14H2,1H3,(H2,28,33)(H,29,30,34);5,8-10,17-19H,2-4,6-7,11-16H2,1H3,(H,27,28,32);2*5,8-10,13-15H,2-4,6-7,11-12H2,1H3,(H2,24,29)(H,25,26,30). The molecule has 5 fully saturated rings.